The van der Waals surface area contributed by atoms with Crippen LogP contribution < -0.4 is 10.0 Å². The zero-order valence-corrected chi connectivity index (χ0v) is 20.2. The van der Waals surface area contributed by atoms with E-state index in [2.05, 4.69) is 11.4 Å². The van der Waals surface area contributed by atoms with Crippen LogP contribution >= 0.6 is 0 Å². The molecule has 3 aliphatic rings. The van der Waals surface area contributed by atoms with E-state index in [0.29, 0.717) is 0 Å². The van der Waals surface area contributed by atoms with Gasteiger partial charge < -0.3 is 5.32 Å². The number of likely N-dealkylation sites (tertiary alicyclic amines) is 1. The summed E-state index contributed by atoms with van der Waals surface area (Å²) in [6.07, 6.45) is 1.24. The number of nitrogens with one attached hydrogen (secondary N) is 2. The fourth-order valence-electron chi connectivity index (χ4n) is 4.42. The summed E-state index contributed by atoms with van der Waals surface area (Å²) >= 11 is 0. The van der Waals surface area contributed by atoms with Crippen molar-refractivity contribution in [2.45, 2.75) is 50.0 Å². The minimum Gasteiger partial charge on any atom is -0.307 e. The van der Waals surface area contributed by atoms with E-state index in [4.69, 9.17) is 0 Å². The third-order valence-electron chi connectivity index (χ3n) is 5.71. The Hall–Kier alpha value is -0.174. The number of alkyl halides is 3. The number of rotatable bonds is 4. The Morgan fingerprint density at radius 2 is 1.62 bits per heavy atom. The number of amides is 2. The molecule has 0 saturated carbocycles. The fraction of sp³-hybridized carbons (Fsp3) is 0.611. The van der Waals surface area contributed by atoms with Gasteiger partial charge in [0.15, 0.2) is 0 Å². The summed E-state index contributed by atoms with van der Waals surface area (Å²) in [4.78, 5) is 13.4. The molecule has 155 valence electrons. The van der Waals surface area contributed by atoms with Crippen LogP contribution in [0.4, 0.5) is 23.7 Å². The van der Waals surface area contributed by atoms with E-state index in [-0.39, 0.29) is 64.5 Å². The average Bonchev–Trinajstić information content (AvgIpc) is 3.17. The molecule has 0 unspecified atom stereocenters. The van der Waals surface area contributed by atoms with Crippen molar-refractivity contribution in [2.24, 2.45) is 0 Å². The number of anilines is 1. The average molecular weight is 457 g/mol. The Bertz CT molecular complexity index is 883. The number of halogens is 3. The van der Waals surface area contributed by atoms with Crippen LogP contribution in [0.1, 0.15) is 35.1 Å². The maximum atomic E-state index is 12.4. The molecule has 29 heavy (non-hydrogen) atoms. The van der Waals surface area contributed by atoms with Crippen molar-refractivity contribution in [1.82, 2.24) is 9.62 Å². The third-order valence-corrected chi connectivity index (χ3v) is 7.36. The van der Waals surface area contributed by atoms with Gasteiger partial charge in [0, 0.05) is 70.2 Å². The van der Waals surface area contributed by atoms with Gasteiger partial charge in [0.25, 0.3) is 0 Å². The van der Waals surface area contributed by atoms with Gasteiger partial charge in [0.2, 0.25) is 10.0 Å². The normalized spacial score (nSPS) is 19.1. The van der Waals surface area contributed by atoms with E-state index in [1.807, 2.05) is 4.72 Å². The molecular weight excluding hydrogens is 434 g/mol. The van der Waals surface area contributed by atoms with Gasteiger partial charge in [0.05, 0.1) is 6.54 Å². The third kappa shape index (κ3) is 5.19. The summed E-state index contributed by atoms with van der Waals surface area (Å²) < 4.78 is 63.7. The van der Waals surface area contributed by atoms with Gasteiger partial charge in [-0.3, -0.25) is 4.90 Å². The maximum Gasteiger partial charge on any atom is 0.401 e. The minimum atomic E-state index is -4.37. The summed E-state index contributed by atoms with van der Waals surface area (Å²) in [7, 11) is -4.03. The minimum absolute atomic E-state index is 0. The van der Waals surface area contributed by atoms with Crippen molar-refractivity contribution >= 4 is 73.1 Å². The van der Waals surface area contributed by atoms with Crippen LogP contribution in [0, 0.1) is 0 Å². The molecule has 1 radical (unpaired) electrons. The number of fused-ring (bicyclic) bond motifs is 2. The second-order valence-corrected chi connectivity index (χ2v) is 9.73. The zero-order valence-electron chi connectivity index (χ0n) is 16.2. The predicted molar refractivity (Wildman–Crippen MR) is 104 cm³/mol. The Labute approximate surface area is 210 Å². The summed E-state index contributed by atoms with van der Waals surface area (Å²) in [6.45, 7) is -1.62. The second kappa shape index (κ2) is 8.75. The number of hydrogen-bond acceptors (Lipinski definition) is 4. The molecule has 11 heteroatoms. The van der Waals surface area contributed by atoms with Crippen LogP contribution in [0.3, 0.4) is 0 Å². The molecule has 6 nitrogen and oxygen atoms in total. The van der Waals surface area contributed by atoms with E-state index in [1.54, 1.807) is 0 Å². The van der Waals surface area contributed by atoms with Crippen molar-refractivity contribution in [2.75, 3.05) is 25.0 Å². The molecule has 1 aromatic rings. The monoisotopic (exact) mass is 456 g/mol. The summed E-state index contributed by atoms with van der Waals surface area (Å²) in [6, 6.07) is 1.36. The number of carbonyl (C=O) groups is 1. The number of benzene rings is 1. The smallest absolute Gasteiger partial charge is 0.307 e. The molecule has 0 aromatic heterocycles. The molecule has 1 fully saturated rings. The molecule has 2 N–H and O–H groups in total. The number of hydrogen-bond donors (Lipinski definition) is 2. The number of aryl methyl sites for hydroxylation is 2. The largest absolute Gasteiger partial charge is 0.401 e. The van der Waals surface area contributed by atoms with Crippen LogP contribution in [-0.2, 0) is 35.7 Å². The molecule has 1 heterocycles. The van der Waals surface area contributed by atoms with Crippen molar-refractivity contribution in [3.8, 4) is 0 Å². The number of carbonyl (C=O) groups excluding carboxylic acids is 1. The number of nitrogens with zero attached hydrogens (tertiary/aromatic N) is 1. The molecule has 4 rings (SSSR count). The summed E-state index contributed by atoms with van der Waals surface area (Å²) in [5.74, 6) is 0. The van der Waals surface area contributed by atoms with E-state index in [0.717, 1.165) is 60.2 Å². The quantitative estimate of drug-likeness (QED) is 0.680. The Morgan fingerprint density at radius 3 is 2.14 bits per heavy atom. The molecule has 1 saturated heterocycles. The topological polar surface area (TPSA) is 78.5 Å². The van der Waals surface area contributed by atoms with Gasteiger partial charge >= 0.3 is 12.2 Å². The van der Waals surface area contributed by atoms with Gasteiger partial charge in [-0.05, 0) is 60.8 Å². The first-order chi connectivity index (χ1) is 13.1. The molecular formula is C18H22F3KN3O3S. The number of urea groups is 1. The molecule has 0 bridgehead atoms. The summed E-state index contributed by atoms with van der Waals surface area (Å²) in [5.41, 5.74) is 5.30. The van der Waals surface area contributed by atoms with E-state index in [9.17, 15) is 26.4 Å². The van der Waals surface area contributed by atoms with Gasteiger partial charge in [-0.15, -0.1) is 0 Å². The molecule has 2 aliphatic carbocycles. The van der Waals surface area contributed by atoms with Gasteiger partial charge in [-0.1, -0.05) is 6.07 Å². The van der Waals surface area contributed by atoms with Crippen molar-refractivity contribution in [1.29, 1.82) is 0 Å². The fourth-order valence-corrected chi connectivity index (χ4v) is 5.71. The first-order valence-corrected chi connectivity index (χ1v) is 11.0. The SMILES string of the molecule is O=C(Nc1c2c(cc3c1CCC3)CCC2)NS(=O)(=O)C1CN(CC(F)(F)F)C1.[K]. The van der Waals surface area contributed by atoms with Crippen LogP contribution in [0.15, 0.2) is 6.07 Å². The Kier molecular flexibility index (Phi) is 7.09. The van der Waals surface area contributed by atoms with Crippen molar-refractivity contribution in [3.63, 3.8) is 0 Å². The predicted octanol–water partition coefficient (Wildman–Crippen LogP) is 1.98. The second-order valence-electron chi connectivity index (χ2n) is 7.77. The van der Waals surface area contributed by atoms with Crippen LogP contribution in [0.25, 0.3) is 0 Å². The van der Waals surface area contributed by atoms with Gasteiger partial charge in [-0.2, -0.15) is 13.2 Å². The van der Waals surface area contributed by atoms with Crippen molar-refractivity contribution in [3.05, 3.63) is 28.3 Å². The van der Waals surface area contributed by atoms with E-state index < -0.39 is 34.0 Å². The first-order valence-electron chi connectivity index (χ1n) is 9.40. The Balaban J connectivity index is 0.00000240. The first kappa shape index (κ1) is 23.5. The Morgan fingerprint density at radius 1 is 1.07 bits per heavy atom. The maximum absolute atomic E-state index is 12.4. The molecule has 2 amide bonds. The standard InChI is InChI=1S/C18H22F3N3O3S.K/c19-18(20,21)10-24-8-13(9-24)28(26,27)23-17(25)22-16-14-5-1-3-11(14)7-12-4-2-6-15(12)16;/h7,13H,1-6,8-10H2,(H2,22,23,25);. The molecule has 1 aromatic carbocycles. The zero-order chi connectivity index (χ0) is 20.1. The van der Waals surface area contributed by atoms with E-state index in [1.165, 1.54) is 11.1 Å². The molecule has 0 spiro atoms. The molecule has 0 atom stereocenters. The van der Waals surface area contributed by atoms with Gasteiger partial charge in [0.1, 0.15) is 5.25 Å². The summed E-state index contributed by atoms with van der Waals surface area (Å²) in [5, 5.41) is 1.71. The van der Waals surface area contributed by atoms with Crippen LogP contribution in [-0.4, -0.2) is 102 Å². The van der Waals surface area contributed by atoms with Crippen molar-refractivity contribution < 1.29 is 26.4 Å². The van der Waals surface area contributed by atoms with Crippen LogP contribution in [0.5, 0.6) is 0 Å². The number of sulfonamides is 1. The molecule has 1 aliphatic heterocycles. The van der Waals surface area contributed by atoms with Crippen LogP contribution in [0.2, 0.25) is 0 Å². The van der Waals surface area contributed by atoms with E-state index >= 15 is 0 Å². The van der Waals surface area contributed by atoms with Gasteiger partial charge in [-0.25, -0.2) is 17.9 Å².